The highest BCUT2D eigenvalue weighted by Gasteiger charge is 2.27. The summed E-state index contributed by atoms with van der Waals surface area (Å²) < 4.78 is 12.6. The number of pyridine rings is 1. The summed E-state index contributed by atoms with van der Waals surface area (Å²) in [6.45, 7) is 0.645. The van der Waals surface area contributed by atoms with Gasteiger partial charge in [-0.25, -0.2) is 0 Å². The molecule has 32 heavy (non-hydrogen) atoms. The fraction of sp³-hybridized carbons (Fsp3) is 0.400. The highest BCUT2D eigenvalue weighted by molar-refractivity contribution is 5.99. The Labute approximate surface area is 188 Å². The van der Waals surface area contributed by atoms with Crippen LogP contribution in [-0.4, -0.2) is 41.4 Å². The van der Waals surface area contributed by atoms with Gasteiger partial charge in [0.25, 0.3) is 5.91 Å². The molecular weight excluding hydrogens is 404 g/mol. The van der Waals surface area contributed by atoms with Gasteiger partial charge in [-0.2, -0.15) is 5.10 Å². The van der Waals surface area contributed by atoms with E-state index in [1.165, 1.54) is 11.3 Å². The third-order valence-corrected chi connectivity index (χ3v) is 6.29. The molecule has 1 N–H and O–H groups in total. The SMILES string of the molecule is COc1cccc(OC)c1C(=O)NCC1CCC(c2nn(C)cc2-c2ccncc2)CC1. The second-order valence-corrected chi connectivity index (χ2v) is 8.30. The number of nitrogens with one attached hydrogen (secondary N) is 1. The zero-order valence-electron chi connectivity index (χ0n) is 18.9. The summed E-state index contributed by atoms with van der Waals surface area (Å²) in [6.07, 6.45) is 9.98. The van der Waals surface area contributed by atoms with Gasteiger partial charge in [0.05, 0.1) is 19.9 Å². The number of aryl methyl sites for hydroxylation is 1. The Morgan fingerprint density at radius 3 is 2.34 bits per heavy atom. The van der Waals surface area contributed by atoms with Crippen LogP contribution in [0.25, 0.3) is 11.1 Å². The first-order valence-electron chi connectivity index (χ1n) is 11.0. The maximum atomic E-state index is 12.8. The van der Waals surface area contributed by atoms with Crippen LogP contribution in [0.3, 0.4) is 0 Å². The molecule has 0 aliphatic heterocycles. The minimum absolute atomic E-state index is 0.161. The number of rotatable bonds is 7. The van der Waals surface area contributed by atoms with Crippen LogP contribution in [-0.2, 0) is 7.05 Å². The number of amides is 1. The lowest BCUT2D eigenvalue weighted by Gasteiger charge is -2.28. The molecule has 1 aromatic carbocycles. The van der Waals surface area contributed by atoms with Crippen LogP contribution in [0, 0.1) is 5.92 Å². The van der Waals surface area contributed by atoms with E-state index in [-0.39, 0.29) is 5.91 Å². The molecule has 0 radical (unpaired) electrons. The van der Waals surface area contributed by atoms with Crippen molar-refractivity contribution in [1.29, 1.82) is 0 Å². The normalized spacial score (nSPS) is 18.2. The highest BCUT2D eigenvalue weighted by atomic mass is 16.5. The molecule has 1 fully saturated rings. The lowest BCUT2D eigenvalue weighted by Crippen LogP contribution is -2.31. The van der Waals surface area contributed by atoms with Crippen LogP contribution in [0.15, 0.2) is 48.9 Å². The van der Waals surface area contributed by atoms with Crippen molar-refractivity contribution >= 4 is 5.91 Å². The number of benzene rings is 1. The number of carbonyl (C=O) groups is 1. The average molecular weight is 435 g/mol. The number of methoxy groups -OCH3 is 2. The summed E-state index contributed by atoms with van der Waals surface area (Å²) in [7, 11) is 5.09. The van der Waals surface area contributed by atoms with Gasteiger partial charge in [-0.1, -0.05) is 6.07 Å². The molecule has 0 atom stereocenters. The third-order valence-electron chi connectivity index (χ3n) is 6.29. The molecule has 3 aromatic rings. The van der Waals surface area contributed by atoms with Gasteiger partial charge >= 0.3 is 0 Å². The molecule has 7 heteroatoms. The molecule has 0 spiro atoms. The molecule has 1 aliphatic rings. The Bertz CT molecular complexity index is 1030. The number of hydrogen-bond donors (Lipinski definition) is 1. The monoisotopic (exact) mass is 434 g/mol. The van der Waals surface area contributed by atoms with Crippen molar-refractivity contribution in [2.45, 2.75) is 31.6 Å². The highest BCUT2D eigenvalue weighted by Crippen LogP contribution is 2.39. The quantitative estimate of drug-likeness (QED) is 0.603. The largest absolute Gasteiger partial charge is 0.496 e. The van der Waals surface area contributed by atoms with Gasteiger partial charge in [-0.15, -0.1) is 0 Å². The van der Waals surface area contributed by atoms with Crippen LogP contribution in [0.5, 0.6) is 11.5 Å². The minimum atomic E-state index is -0.161. The molecule has 168 valence electrons. The third kappa shape index (κ3) is 4.61. The zero-order chi connectivity index (χ0) is 22.5. The summed E-state index contributed by atoms with van der Waals surface area (Å²) in [5.41, 5.74) is 3.96. The van der Waals surface area contributed by atoms with E-state index >= 15 is 0 Å². The minimum Gasteiger partial charge on any atom is -0.496 e. The van der Waals surface area contributed by atoms with Crippen molar-refractivity contribution < 1.29 is 14.3 Å². The Balaban J connectivity index is 1.37. The molecule has 1 amide bonds. The Kier molecular flexibility index (Phi) is 6.73. The molecule has 1 aliphatic carbocycles. The van der Waals surface area contributed by atoms with Gasteiger partial charge in [0, 0.05) is 43.7 Å². The first-order chi connectivity index (χ1) is 15.6. The van der Waals surface area contributed by atoms with Crippen LogP contribution in [0.4, 0.5) is 0 Å². The number of hydrogen-bond acceptors (Lipinski definition) is 5. The van der Waals surface area contributed by atoms with Crippen LogP contribution in [0.2, 0.25) is 0 Å². The van der Waals surface area contributed by atoms with Crippen molar-refractivity contribution in [3.8, 4) is 22.6 Å². The molecule has 2 aromatic heterocycles. The molecule has 0 unspecified atom stereocenters. The lowest BCUT2D eigenvalue weighted by atomic mass is 9.79. The van der Waals surface area contributed by atoms with Gasteiger partial charge in [0.2, 0.25) is 0 Å². The van der Waals surface area contributed by atoms with E-state index in [1.807, 2.05) is 42.3 Å². The van der Waals surface area contributed by atoms with Crippen molar-refractivity contribution in [2.75, 3.05) is 20.8 Å². The van der Waals surface area contributed by atoms with E-state index < -0.39 is 0 Å². The lowest BCUT2D eigenvalue weighted by molar-refractivity contribution is 0.0936. The standard InChI is InChI=1S/C25H30N4O3/c1-29-16-20(18-11-13-26-14-12-18)24(28-29)19-9-7-17(8-10-19)15-27-25(30)23-21(31-2)5-4-6-22(23)32-3/h4-6,11-14,16-17,19H,7-10,15H2,1-3H3,(H,27,30). The maximum absolute atomic E-state index is 12.8. The van der Waals surface area contributed by atoms with Crippen molar-refractivity contribution in [3.05, 3.63) is 60.2 Å². The summed E-state index contributed by atoms with van der Waals surface area (Å²) in [5.74, 6) is 1.75. The van der Waals surface area contributed by atoms with Crippen LogP contribution >= 0.6 is 0 Å². The summed E-state index contributed by atoms with van der Waals surface area (Å²) >= 11 is 0. The predicted molar refractivity (Wildman–Crippen MR) is 123 cm³/mol. The number of ether oxygens (including phenoxy) is 2. The summed E-state index contributed by atoms with van der Waals surface area (Å²) in [5, 5.41) is 7.87. The zero-order valence-corrected chi connectivity index (χ0v) is 18.9. The fourth-order valence-corrected chi connectivity index (χ4v) is 4.60. The molecule has 4 rings (SSSR count). The Morgan fingerprint density at radius 1 is 1.06 bits per heavy atom. The summed E-state index contributed by atoms with van der Waals surface area (Å²) in [4.78, 5) is 17.0. The molecular formula is C25H30N4O3. The van der Waals surface area contributed by atoms with Gasteiger partial charge < -0.3 is 14.8 Å². The topological polar surface area (TPSA) is 78.3 Å². The smallest absolute Gasteiger partial charge is 0.258 e. The molecule has 2 heterocycles. The Morgan fingerprint density at radius 2 is 1.72 bits per heavy atom. The molecule has 1 saturated carbocycles. The number of aromatic nitrogens is 3. The van der Waals surface area contributed by atoms with E-state index in [4.69, 9.17) is 14.6 Å². The second-order valence-electron chi connectivity index (χ2n) is 8.30. The van der Waals surface area contributed by atoms with E-state index in [0.717, 1.165) is 31.2 Å². The van der Waals surface area contributed by atoms with Crippen molar-refractivity contribution in [2.24, 2.45) is 13.0 Å². The average Bonchev–Trinajstić information content (AvgIpc) is 3.24. The van der Waals surface area contributed by atoms with Crippen molar-refractivity contribution in [3.63, 3.8) is 0 Å². The van der Waals surface area contributed by atoms with Crippen LogP contribution in [0.1, 0.15) is 47.7 Å². The first-order valence-corrected chi connectivity index (χ1v) is 11.0. The fourth-order valence-electron chi connectivity index (χ4n) is 4.60. The number of carbonyl (C=O) groups excluding carboxylic acids is 1. The second kappa shape index (κ2) is 9.85. The maximum Gasteiger partial charge on any atom is 0.258 e. The number of nitrogens with zero attached hydrogens (tertiary/aromatic N) is 3. The van der Waals surface area contributed by atoms with Gasteiger partial charge in [-0.3, -0.25) is 14.5 Å². The summed E-state index contributed by atoms with van der Waals surface area (Å²) in [6, 6.07) is 9.43. The van der Waals surface area contributed by atoms with Gasteiger partial charge in [0.15, 0.2) is 0 Å². The van der Waals surface area contributed by atoms with E-state index in [1.54, 1.807) is 26.4 Å². The van der Waals surface area contributed by atoms with Crippen LogP contribution < -0.4 is 14.8 Å². The van der Waals surface area contributed by atoms with Gasteiger partial charge in [0.1, 0.15) is 17.1 Å². The van der Waals surface area contributed by atoms with Crippen molar-refractivity contribution in [1.82, 2.24) is 20.1 Å². The first kappa shape index (κ1) is 21.9. The Hall–Kier alpha value is -3.35. The van der Waals surface area contributed by atoms with E-state index in [9.17, 15) is 4.79 Å². The molecule has 0 saturated heterocycles. The van der Waals surface area contributed by atoms with E-state index in [2.05, 4.69) is 16.5 Å². The van der Waals surface area contributed by atoms with E-state index in [0.29, 0.717) is 35.4 Å². The molecule has 7 nitrogen and oxygen atoms in total. The van der Waals surface area contributed by atoms with Gasteiger partial charge in [-0.05, 0) is 61.4 Å². The predicted octanol–water partition coefficient (Wildman–Crippen LogP) is 4.20. The molecule has 0 bridgehead atoms.